The molecular weight excluding hydrogens is 264 g/mol. The molecule has 1 atom stereocenters. The zero-order valence-corrected chi connectivity index (χ0v) is 15.9. The van der Waals surface area contributed by atoms with Crippen molar-refractivity contribution in [3.63, 3.8) is 0 Å². The van der Waals surface area contributed by atoms with Crippen LogP contribution in [-0.2, 0) is 0 Å². The Hall–Kier alpha value is -0.306. The number of hydrogen-bond acceptors (Lipinski definition) is 1. The van der Waals surface area contributed by atoms with E-state index >= 15 is 0 Å². The summed E-state index contributed by atoms with van der Waals surface area (Å²) < 4.78 is 0. The Kier molecular flexibility index (Phi) is 7.96. The standard InChI is InChI=1S/C16H32OSi2/c1-8-16(19(9-2,10-3)11-4)14-15(17)12-13-18(5,6)7/h8,15,17H,9-11,14H2,1-7H3/b16-8-. The van der Waals surface area contributed by atoms with Crippen LogP contribution in [-0.4, -0.2) is 27.4 Å². The number of aliphatic hydroxyl groups excluding tert-OH is 1. The van der Waals surface area contributed by atoms with E-state index in [1.54, 1.807) is 0 Å². The van der Waals surface area contributed by atoms with Crippen molar-refractivity contribution in [2.45, 2.75) is 78.0 Å². The van der Waals surface area contributed by atoms with Crippen LogP contribution in [0.3, 0.4) is 0 Å². The first-order valence-electron chi connectivity index (χ1n) is 7.61. The summed E-state index contributed by atoms with van der Waals surface area (Å²) in [4.78, 5) is 0. The Bertz CT molecular complexity index is 343. The van der Waals surface area contributed by atoms with Crippen LogP contribution in [0.25, 0.3) is 0 Å². The molecule has 0 aliphatic carbocycles. The van der Waals surface area contributed by atoms with Gasteiger partial charge in [-0.1, -0.05) is 75.7 Å². The van der Waals surface area contributed by atoms with Crippen LogP contribution in [0.15, 0.2) is 11.3 Å². The molecule has 0 heterocycles. The monoisotopic (exact) mass is 296 g/mol. The first-order valence-corrected chi connectivity index (χ1v) is 13.7. The summed E-state index contributed by atoms with van der Waals surface area (Å²) in [5.74, 6) is 3.08. The van der Waals surface area contributed by atoms with Gasteiger partial charge in [0.05, 0.1) is 8.07 Å². The molecule has 0 aliphatic rings. The maximum atomic E-state index is 10.2. The summed E-state index contributed by atoms with van der Waals surface area (Å²) in [7, 11) is -2.72. The topological polar surface area (TPSA) is 20.2 Å². The zero-order valence-electron chi connectivity index (χ0n) is 13.9. The summed E-state index contributed by atoms with van der Waals surface area (Å²) >= 11 is 0. The van der Waals surface area contributed by atoms with Gasteiger partial charge in [0.2, 0.25) is 0 Å². The van der Waals surface area contributed by atoms with Crippen molar-refractivity contribution in [2.24, 2.45) is 0 Å². The van der Waals surface area contributed by atoms with Crippen LogP contribution in [0.1, 0.15) is 34.1 Å². The van der Waals surface area contributed by atoms with Crippen LogP contribution in [0.5, 0.6) is 0 Å². The van der Waals surface area contributed by atoms with E-state index < -0.39 is 22.3 Å². The van der Waals surface area contributed by atoms with Crippen LogP contribution >= 0.6 is 0 Å². The van der Waals surface area contributed by atoms with Gasteiger partial charge in [0.1, 0.15) is 14.2 Å². The average molecular weight is 297 g/mol. The van der Waals surface area contributed by atoms with Crippen LogP contribution in [0, 0.1) is 11.5 Å². The van der Waals surface area contributed by atoms with E-state index in [2.05, 4.69) is 64.9 Å². The summed E-state index contributed by atoms with van der Waals surface area (Å²) in [6.07, 6.45) is 2.53. The Morgan fingerprint density at radius 2 is 1.58 bits per heavy atom. The van der Waals surface area contributed by atoms with Crippen LogP contribution in [0.4, 0.5) is 0 Å². The van der Waals surface area contributed by atoms with Gasteiger partial charge in [0.25, 0.3) is 0 Å². The van der Waals surface area contributed by atoms with Crippen LogP contribution < -0.4 is 0 Å². The minimum Gasteiger partial charge on any atom is -0.380 e. The van der Waals surface area contributed by atoms with Gasteiger partial charge in [0, 0.05) is 6.42 Å². The summed E-state index contributed by atoms with van der Waals surface area (Å²) in [5.41, 5.74) is 3.28. The van der Waals surface area contributed by atoms with Crippen molar-refractivity contribution in [1.29, 1.82) is 0 Å². The van der Waals surface area contributed by atoms with Crippen molar-refractivity contribution in [3.8, 4) is 11.5 Å². The number of hydrogen-bond donors (Lipinski definition) is 1. The van der Waals surface area contributed by atoms with E-state index in [9.17, 15) is 5.11 Å². The van der Waals surface area contributed by atoms with Gasteiger partial charge < -0.3 is 5.11 Å². The van der Waals surface area contributed by atoms with Gasteiger partial charge in [-0.15, -0.1) is 5.54 Å². The average Bonchev–Trinajstić information content (AvgIpc) is 2.36. The van der Waals surface area contributed by atoms with E-state index in [1.165, 1.54) is 23.3 Å². The van der Waals surface area contributed by atoms with E-state index in [0.29, 0.717) is 0 Å². The predicted molar refractivity (Wildman–Crippen MR) is 92.7 cm³/mol. The zero-order chi connectivity index (χ0) is 15.1. The molecule has 0 aliphatic heterocycles. The lowest BCUT2D eigenvalue weighted by Crippen LogP contribution is -2.36. The smallest absolute Gasteiger partial charge is 0.129 e. The lowest BCUT2D eigenvalue weighted by atomic mass is 10.2. The van der Waals surface area contributed by atoms with Gasteiger partial charge in [0.15, 0.2) is 0 Å². The molecule has 0 aromatic rings. The molecular formula is C16H32OSi2. The van der Waals surface area contributed by atoms with Gasteiger partial charge in [-0.3, -0.25) is 0 Å². The quantitative estimate of drug-likeness (QED) is 0.560. The summed E-state index contributed by atoms with van der Waals surface area (Å²) in [6.45, 7) is 15.7. The molecule has 1 unspecified atom stereocenters. The Labute approximate surface area is 122 Å². The van der Waals surface area contributed by atoms with E-state index in [0.717, 1.165) is 6.42 Å². The molecule has 0 amide bonds. The molecule has 0 radical (unpaired) electrons. The molecule has 0 fully saturated rings. The minimum atomic E-state index is -1.38. The second-order valence-electron chi connectivity index (χ2n) is 6.39. The highest BCUT2D eigenvalue weighted by Crippen LogP contribution is 2.31. The van der Waals surface area contributed by atoms with Crippen molar-refractivity contribution in [3.05, 3.63) is 11.3 Å². The lowest BCUT2D eigenvalue weighted by Gasteiger charge is -2.32. The second-order valence-corrected chi connectivity index (χ2v) is 16.5. The molecule has 19 heavy (non-hydrogen) atoms. The highest BCUT2D eigenvalue weighted by Gasteiger charge is 2.31. The van der Waals surface area contributed by atoms with Crippen molar-refractivity contribution < 1.29 is 5.11 Å². The minimum absolute atomic E-state index is 0.477. The van der Waals surface area contributed by atoms with Crippen molar-refractivity contribution in [2.75, 3.05) is 0 Å². The number of rotatable bonds is 6. The molecule has 0 bridgehead atoms. The Morgan fingerprint density at radius 1 is 1.11 bits per heavy atom. The molecule has 0 aromatic heterocycles. The Balaban J connectivity index is 4.97. The molecule has 0 rings (SSSR count). The van der Waals surface area contributed by atoms with Gasteiger partial charge in [-0.05, 0) is 6.92 Å². The molecule has 0 aromatic carbocycles. The van der Waals surface area contributed by atoms with Crippen molar-refractivity contribution >= 4 is 16.1 Å². The normalized spacial score (nSPS) is 14.8. The SMILES string of the molecule is C/C=C(/CC(O)C#C[Si](C)(C)C)[Si](CC)(CC)CC. The largest absolute Gasteiger partial charge is 0.380 e. The molecule has 1 N–H and O–H groups in total. The fourth-order valence-corrected chi connectivity index (χ4v) is 7.33. The molecule has 1 nitrogen and oxygen atoms in total. The highest BCUT2D eigenvalue weighted by atomic mass is 28.3. The summed E-state index contributed by atoms with van der Waals surface area (Å²) in [5, 5.41) is 11.7. The third-order valence-corrected chi connectivity index (χ3v) is 10.9. The highest BCUT2D eigenvalue weighted by molar-refractivity contribution is 6.86. The number of allylic oxidation sites excluding steroid dienone is 1. The van der Waals surface area contributed by atoms with Crippen molar-refractivity contribution in [1.82, 2.24) is 0 Å². The Morgan fingerprint density at radius 3 is 1.89 bits per heavy atom. The molecule has 0 saturated heterocycles. The predicted octanol–water partition coefficient (Wildman–Crippen LogP) is 4.61. The third-order valence-electron chi connectivity index (χ3n) is 4.09. The third kappa shape index (κ3) is 6.12. The van der Waals surface area contributed by atoms with Gasteiger partial charge >= 0.3 is 0 Å². The molecule has 3 heteroatoms. The second kappa shape index (κ2) is 8.09. The van der Waals surface area contributed by atoms with Gasteiger partial charge in [-0.2, -0.15) is 0 Å². The summed E-state index contributed by atoms with van der Waals surface area (Å²) in [6, 6.07) is 3.82. The van der Waals surface area contributed by atoms with Crippen LogP contribution in [0.2, 0.25) is 37.8 Å². The van der Waals surface area contributed by atoms with E-state index in [4.69, 9.17) is 0 Å². The van der Waals surface area contributed by atoms with Gasteiger partial charge in [-0.25, -0.2) is 0 Å². The first-order chi connectivity index (χ1) is 8.74. The fourth-order valence-electron chi connectivity index (χ4n) is 2.63. The lowest BCUT2D eigenvalue weighted by molar-refractivity contribution is 0.234. The maximum absolute atomic E-state index is 10.2. The van der Waals surface area contributed by atoms with E-state index in [1.807, 2.05) is 0 Å². The molecule has 0 saturated carbocycles. The van der Waals surface area contributed by atoms with E-state index in [-0.39, 0.29) is 0 Å². The molecule has 0 spiro atoms. The fraction of sp³-hybridized carbons (Fsp3) is 0.750. The maximum Gasteiger partial charge on any atom is 0.129 e. The first kappa shape index (κ1) is 18.7. The number of aliphatic hydroxyl groups is 1. The molecule has 110 valence electrons.